The molecule has 0 rings (SSSR count). The first-order valence-electron chi connectivity index (χ1n) is 4.45. The summed E-state index contributed by atoms with van der Waals surface area (Å²) in [5.41, 5.74) is 0. The molecule has 0 bridgehead atoms. The Morgan fingerprint density at radius 3 is 2.31 bits per heavy atom. The third-order valence-corrected chi connectivity index (χ3v) is 1.32. The van der Waals surface area contributed by atoms with Crippen LogP contribution < -0.4 is 5.32 Å². The van der Waals surface area contributed by atoms with E-state index >= 15 is 0 Å². The van der Waals surface area contributed by atoms with E-state index < -0.39 is 0 Å². The van der Waals surface area contributed by atoms with Crippen LogP contribution in [0.1, 0.15) is 27.7 Å². The van der Waals surface area contributed by atoms with Crippen LogP contribution in [0.4, 0.5) is 0 Å². The van der Waals surface area contributed by atoms with Gasteiger partial charge in [0.2, 0.25) is 5.91 Å². The minimum Gasteiger partial charge on any atom is -0.465 e. The summed E-state index contributed by atoms with van der Waals surface area (Å²) in [6.07, 6.45) is 0. The molecular formula is C9H18N2O2. The van der Waals surface area contributed by atoms with Crippen molar-refractivity contribution in [2.45, 2.75) is 27.7 Å². The van der Waals surface area contributed by atoms with Gasteiger partial charge in [-0.05, 0) is 5.92 Å². The van der Waals surface area contributed by atoms with Gasteiger partial charge in [0, 0.05) is 5.92 Å². The van der Waals surface area contributed by atoms with Gasteiger partial charge in [0.05, 0.1) is 6.61 Å². The molecular weight excluding hydrogens is 168 g/mol. The number of amidine groups is 1. The summed E-state index contributed by atoms with van der Waals surface area (Å²) < 4.78 is 4.98. The van der Waals surface area contributed by atoms with Crippen LogP contribution >= 0.6 is 0 Å². The van der Waals surface area contributed by atoms with Crippen molar-refractivity contribution in [3.63, 3.8) is 0 Å². The smallest absolute Gasteiger partial charge is 0.288 e. The van der Waals surface area contributed by atoms with E-state index in [2.05, 4.69) is 5.32 Å². The molecule has 0 aromatic heterocycles. The van der Waals surface area contributed by atoms with Crippen molar-refractivity contribution in [1.82, 2.24) is 5.32 Å². The molecule has 0 spiro atoms. The summed E-state index contributed by atoms with van der Waals surface area (Å²) in [5.74, 6) is 0.0491. The number of amides is 1. The first-order chi connectivity index (χ1) is 5.93. The van der Waals surface area contributed by atoms with Crippen molar-refractivity contribution in [3.05, 3.63) is 0 Å². The Morgan fingerprint density at radius 1 is 1.38 bits per heavy atom. The molecule has 1 amide bonds. The average molecular weight is 186 g/mol. The number of nitrogens with one attached hydrogen (secondary N) is 2. The summed E-state index contributed by atoms with van der Waals surface area (Å²) in [7, 11) is 0. The fourth-order valence-corrected chi connectivity index (χ4v) is 0.542. The van der Waals surface area contributed by atoms with E-state index in [0.717, 1.165) is 0 Å². The maximum Gasteiger partial charge on any atom is 0.288 e. The summed E-state index contributed by atoms with van der Waals surface area (Å²) in [4.78, 5) is 11.1. The molecule has 0 aliphatic rings. The van der Waals surface area contributed by atoms with Gasteiger partial charge >= 0.3 is 0 Å². The second kappa shape index (κ2) is 5.56. The lowest BCUT2D eigenvalue weighted by Crippen LogP contribution is -2.35. The Kier molecular flexibility index (Phi) is 5.11. The first kappa shape index (κ1) is 11.9. The summed E-state index contributed by atoms with van der Waals surface area (Å²) in [6.45, 7) is 7.96. The van der Waals surface area contributed by atoms with E-state index in [4.69, 9.17) is 10.1 Å². The zero-order chi connectivity index (χ0) is 10.4. The normalized spacial score (nSPS) is 10.3. The third kappa shape index (κ3) is 6.13. The average Bonchev–Trinajstić information content (AvgIpc) is 2.00. The second-order valence-corrected chi connectivity index (χ2v) is 3.68. The topological polar surface area (TPSA) is 62.2 Å². The van der Waals surface area contributed by atoms with E-state index in [1.807, 2.05) is 13.8 Å². The highest BCUT2D eigenvalue weighted by molar-refractivity contribution is 5.93. The van der Waals surface area contributed by atoms with E-state index in [1.165, 1.54) is 0 Å². The van der Waals surface area contributed by atoms with E-state index in [1.54, 1.807) is 13.8 Å². The fourth-order valence-electron chi connectivity index (χ4n) is 0.542. The lowest BCUT2D eigenvalue weighted by molar-refractivity contribution is -0.122. The van der Waals surface area contributed by atoms with E-state index in [0.29, 0.717) is 12.5 Å². The Hall–Kier alpha value is -1.06. The van der Waals surface area contributed by atoms with Crippen molar-refractivity contribution < 1.29 is 9.53 Å². The molecule has 0 fully saturated rings. The number of carbonyl (C=O) groups excluding carboxylic acids is 1. The lowest BCUT2D eigenvalue weighted by Gasteiger charge is -2.11. The minimum atomic E-state index is -0.186. The van der Waals surface area contributed by atoms with E-state index in [9.17, 15) is 4.79 Å². The SMILES string of the molecule is CC(C)COC(=N)NC(=O)C(C)C. The van der Waals surface area contributed by atoms with Gasteiger partial charge < -0.3 is 4.74 Å². The van der Waals surface area contributed by atoms with Gasteiger partial charge in [0.25, 0.3) is 6.02 Å². The van der Waals surface area contributed by atoms with Crippen LogP contribution in [0.5, 0.6) is 0 Å². The highest BCUT2D eigenvalue weighted by Gasteiger charge is 2.09. The molecule has 0 aliphatic heterocycles. The number of hydrogen-bond donors (Lipinski definition) is 2. The van der Waals surface area contributed by atoms with Crippen LogP contribution in [-0.2, 0) is 9.53 Å². The van der Waals surface area contributed by atoms with Crippen LogP contribution in [0.25, 0.3) is 0 Å². The summed E-state index contributed by atoms with van der Waals surface area (Å²) >= 11 is 0. The van der Waals surface area contributed by atoms with Gasteiger partial charge in [0.15, 0.2) is 0 Å². The number of ether oxygens (including phenoxy) is 1. The number of hydrogen-bond acceptors (Lipinski definition) is 3. The molecule has 0 unspecified atom stereocenters. The van der Waals surface area contributed by atoms with Gasteiger partial charge in [-0.2, -0.15) is 0 Å². The van der Waals surface area contributed by atoms with Gasteiger partial charge in [-0.15, -0.1) is 0 Å². The van der Waals surface area contributed by atoms with Crippen molar-refractivity contribution in [2.75, 3.05) is 6.61 Å². The Balaban J connectivity index is 3.69. The molecule has 0 aliphatic carbocycles. The molecule has 4 heteroatoms. The summed E-state index contributed by atoms with van der Waals surface area (Å²) in [6, 6.07) is -0.160. The first-order valence-corrected chi connectivity index (χ1v) is 4.45. The molecule has 2 N–H and O–H groups in total. The molecule has 76 valence electrons. The molecule has 0 heterocycles. The van der Waals surface area contributed by atoms with Gasteiger partial charge in [-0.3, -0.25) is 15.5 Å². The molecule has 0 saturated carbocycles. The monoisotopic (exact) mass is 186 g/mol. The van der Waals surface area contributed by atoms with Gasteiger partial charge in [-0.1, -0.05) is 27.7 Å². The van der Waals surface area contributed by atoms with Crippen molar-refractivity contribution in [1.29, 1.82) is 5.41 Å². The van der Waals surface area contributed by atoms with Gasteiger partial charge in [-0.25, -0.2) is 0 Å². The van der Waals surface area contributed by atoms with Crippen LogP contribution in [0.2, 0.25) is 0 Å². The summed E-state index contributed by atoms with van der Waals surface area (Å²) in [5, 5.41) is 9.61. The Morgan fingerprint density at radius 2 is 1.92 bits per heavy atom. The quantitative estimate of drug-likeness (QED) is 0.516. The Labute approximate surface area is 79.2 Å². The van der Waals surface area contributed by atoms with Crippen molar-refractivity contribution >= 4 is 11.9 Å². The third-order valence-electron chi connectivity index (χ3n) is 1.32. The number of carbonyl (C=O) groups is 1. The lowest BCUT2D eigenvalue weighted by atomic mass is 10.2. The molecule has 13 heavy (non-hydrogen) atoms. The molecule has 4 nitrogen and oxygen atoms in total. The van der Waals surface area contributed by atoms with Gasteiger partial charge in [0.1, 0.15) is 0 Å². The predicted molar refractivity (Wildman–Crippen MR) is 51.5 cm³/mol. The van der Waals surface area contributed by atoms with Crippen LogP contribution in [0, 0.1) is 17.2 Å². The van der Waals surface area contributed by atoms with Crippen molar-refractivity contribution in [2.24, 2.45) is 11.8 Å². The molecule has 0 saturated heterocycles. The standard InChI is InChI=1S/C9H18N2O2/c1-6(2)5-13-9(10)11-8(12)7(3)4/h6-7H,5H2,1-4H3,(H2,10,11,12). The molecule has 0 aromatic carbocycles. The van der Waals surface area contributed by atoms with Crippen LogP contribution in [0.15, 0.2) is 0 Å². The predicted octanol–water partition coefficient (Wildman–Crippen LogP) is 1.37. The second-order valence-electron chi connectivity index (χ2n) is 3.68. The zero-order valence-electron chi connectivity index (χ0n) is 8.68. The molecule has 0 atom stereocenters. The largest absolute Gasteiger partial charge is 0.465 e. The highest BCUT2D eigenvalue weighted by Crippen LogP contribution is 1.94. The van der Waals surface area contributed by atoms with E-state index in [-0.39, 0.29) is 17.8 Å². The highest BCUT2D eigenvalue weighted by atomic mass is 16.5. The number of rotatable bonds is 3. The Bertz CT molecular complexity index is 188. The minimum absolute atomic E-state index is 0.122. The maximum atomic E-state index is 11.1. The van der Waals surface area contributed by atoms with Crippen LogP contribution in [0.3, 0.4) is 0 Å². The van der Waals surface area contributed by atoms with Crippen molar-refractivity contribution in [3.8, 4) is 0 Å². The zero-order valence-corrected chi connectivity index (χ0v) is 8.68. The fraction of sp³-hybridized carbons (Fsp3) is 0.778. The van der Waals surface area contributed by atoms with Crippen LogP contribution in [-0.4, -0.2) is 18.5 Å². The molecule has 0 aromatic rings. The maximum absolute atomic E-state index is 11.1. The molecule has 0 radical (unpaired) electrons.